The molecule has 9 heteroatoms. The van der Waals surface area contributed by atoms with Crippen molar-refractivity contribution in [2.24, 2.45) is 5.10 Å². The number of nitrogens with one attached hydrogen (secondary N) is 1. The number of hydrogen-bond acceptors (Lipinski definition) is 5. The first kappa shape index (κ1) is 18.6. The number of hydrazone groups is 1. The molecule has 0 saturated heterocycles. The van der Waals surface area contributed by atoms with Gasteiger partial charge >= 0.3 is 0 Å². The Morgan fingerprint density at radius 3 is 2.50 bits per heavy atom. The van der Waals surface area contributed by atoms with E-state index in [1.165, 1.54) is 11.3 Å². The summed E-state index contributed by atoms with van der Waals surface area (Å²) in [4.78, 5) is 13.0. The van der Waals surface area contributed by atoms with E-state index in [0.717, 1.165) is 19.9 Å². The summed E-state index contributed by atoms with van der Waals surface area (Å²) in [7, 11) is -3.60. The summed E-state index contributed by atoms with van der Waals surface area (Å²) in [5, 5.41) is 5.92. The molecule has 1 heterocycles. The molecule has 0 bridgehead atoms. The summed E-state index contributed by atoms with van der Waals surface area (Å²) in [6.45, 7) is 1.43. The standard InChI is InChI=1S/C15H16BrN3O3S2/c1-11(14-4-3-9-23-14)17-18-15(20)10-19(24(2,21)22)13-7-5-12(16)6-8-13/h3-9H,10H2,1-2H3,(H,18,20)/b17-11-. The van der Waals surface area contributed by atoms with Crippen molar-refractivity contribution in [3.63, 3.8) is 0 Å². The zero-order chi connectivity index (χ0) is 17.7. The number of nitrogens with zero attached hydrogens (tertiary/aromatic N) is 2. The van der Waals surface area contributed by atoms with Crippen LogP contribution in [0.4, 0.5) is 5.69 Å². The second-order valence-corrected chi connectivity index (χ2v) is 8.73. The van der Waals surface area contributed by atoms with Gasteiger partial charge in [-0.3, -0.25) is 9.10 Å². The summed E-state index contributed by atoms with van der Waals surface area (Å²) in [6.07, 6.45) is 1.06. The molecule has 0 aliphatic carbocycles. The van der Waals surface area contributed by atoms with E-state index in [0.29, 0.717) is 11.4 Å². The molecule has 1 aromatic heterocycles. The van der Waals surface area contributed by atoms with Crippen LogP contribution in [0, 0.1) is 0 Å². The number of carbonyl (C=O) groups is 1. The van der Waals surface area contributed by atoms with Crippen molar-refractivity contribution in [1.82, 2.24) is 5.43 Å². The predicted octanol–water partition coefficient (Wildman–Crippen LogP) is 2.82. The molecule has 2 aromatic rings. The summed E-state index contributed by atoms with van der Waals surface area (Å²) >= 11 is 4.80. The van der Waals surface area contributed by atoms with Crippen molar-refractivity contribution < 1.29 is 13.2 Å². The number of amides is 1. The normalized spacial score (nSPS) is 12.0. The maximum absolute atomic E-state index is 12.1. The highest BCUT2D eigenvalue weighted by molar-refractivity contribution is 9.10. The Morgan fingerprint density at radius 2 is 1.96 bits per heavy atom. The minimum atomic E-state index is -3.60. The molecule has 6 nitrogen and oxygen atoms in total. The lowest BCUT2D eigenvalue weighted by Gasteiger charge is -2.21. The molecule has 0 radical (unpaired) electrons. The molecule has 0 spiro atoms. The van der Waals surface area contributed by atoms with Crippen LogP contribution in [-0.2, 0) is 14.8 Å². The number of thiophene rings is 1. The first-order valence-electron chi connectivity index (χ1n) is 6.87. The fourth-order valence-electron chi connectivity index (χ4n) is 1.86. The number of sulfonamides is 1. The largest absolute Gasteiger partial charge is 0.271 e. The SMILES string of the molecule is C/C(=N/NC(=O)CN(c1ccc(Br)cc1)S(C)(=O)=O)c1cccs1. The molecule has 0 atom stereocenters. The van der Waals surface area contributed by atoms with Crippen molar-refractivity contribution in [1.29, 1.82) is 0 Å². The fourth-order valence-corrected chi connectivity index (χ4v) is 3.66. The van der Waals surface area contributed by atoms with Crippen LogP contribution in [0.3, 0.4) is 0 Å². The fraction of sp³-hybridized carbons (Fsp3) is 0.200. The highest BCUT2D eigenvalue weighted by Gasteiger charge is 2.20. The van der Waals surface area contributed by atoms with Gasteiger partial charge < -0.3 is 0 Å². The topological polar surface area (TPSA) is 78.8 Å². The van der Waals surface area contributed by atoms with Crippen LogP contribution >= 0.6 is 27.3 Å². The van der Waals surface area contributed by atoms with Gasteiger partial charge in [0.1, 0.15) is 6.54 Å². The molecule has 1 N–H and O–H groups in total. The average Bonchev–Trinajstić information content (AvgIpc) is 3.05. The molecule has 1 amide bonds. The van der Waals surface area contributed by atoms with Gasteiger partial charge in [-0.05, 0) is 42.6 Å². The van der Waals surface area contributed by atoms with Crippen LogP contribution in [0.25, 0.3) is 0 Å². The number of anilines is 1. The van der Waals surface area contributed by atoms with Crippen LogP contribution in [0.15, 0.2) is 51.4 Å². The van der Waals surface area contributed by atoms with Gasteiger partial charge in [0, 0.05) is 9.35 Å². The van der Waals surface area contributed by atoms with Gasteiger partial charge in [0.2, 0.25) is 10.0 Å². The van der Waals surface area contributed by atoms with Crippen LogP contribution in [0.5, 0.6) is 0 Å². The first-order chi connectivity index (χ1) is 11.3. The van der Waals surface area contributed by atoms with Gasteiger partial charge in [-0.2, -0.15) is 5.10 Å². The van der Waals surface area contributed by atoms with Crippen molar-refractivity contribution >= 4 is 54.6 Å². The third-order valence-corrected chi connectivity index (χ3v) is 5.68. The van der Waals surface area contributed by atoms with Crippen molar-refractivity contribution in [3.05, 3.63) is 51.1 Å². The number of hydrogen-bond donors (Lipinski definition) is 1. The van der Waals surface area contributed by atoms with Crippen LogP contribution in [0.1, 0.15) is 11.8 Å². The summed E-state index contributed by atoms with van der Waals surface area (Å²) < 4.78 is 25.8. The van der Waals surface area contributed by atoms with E-state index in [1.54, 1.807) is 31.2 Å². The van der Waals surface area contributed by atoms with Gasteiger partial charge in [0.05, 0.1) is 17.7 Å². The third kappa shape index (κ3) is 5.15. The second kappa shape index (κ2) is 7.91. The summed E-state index contributed by atoms with van der Waals surface area (Å²) in [6, 6.07) is 10.5. The zero-order valence-electron chi connectivity index (χ0n) is 13.1. The van der Waals surface area contributed by atoms with Gasteiger partial charge in [-0.1, -0.05) is 22.0 Å². The van der Waals surface area contributed by atoms with Gasteiger partial charge in [0.15, 0.2) is 0 Å². The molecule has 2 rings (SSSR count). The van der Waals surface area contributed by atoms with E-state index in [9.17, 15) is 13.2 Å². The van der Waals surface area contributed by atoms with E-state index < -0.39 is 15.9 Å². The second-order valence-electron chi connectivity index (χ2n) is 4.96. The van der Waals surface area contributed by atoms with E-state index in [2.05, 4.69) is 26.5 Å². The van der Waals surface area contributed by atoms with E-state index >= 15 is 0 Å². The van der Waals surface area contributed by atoms with Crippen molar-refractivity contribution in [2.75, 3.05) is 17.1 Å². The highest BCUT2D eigenvalue weighted by Crippen LogP contribution is 2.20. The lowest BCUT2D eigenvalue weighted by atomic mass is 10.3. The molecule has 0 aliphatic rings. The van der Waals surface area contributed by atoms with Gasteiger partial charge in [0.25, 0.3) is 5.91 Å². The van der Waals surface area contributed by atoms with Crippen LogP contribution in [-0.4, -0.2) is 32.8 Å². The van der Waals surface area contributed by atoms with Gasteiger partial charge in [-0.15, -0.1) is 11.3 Å². The molecule has 0 fully saturated rings. The molecule has 24 heavy (non-hydrogen) atoms. The van der Waals surface area contributed by atoms with E-state index in [4.69, 9.17) is 0 Å². The number of carbonyl (C=O) groups excluding carboxylic acids is 1. The van der Waals surface area contributed by atoms with Gasteiger partial charge in [-0.25, -0.2) is 13.8 Å². The minimum Gasteiger partial charge on any atom is -0.271 e. The lowest BCUT2D eigenvalue weighted by Crippen LogP contribution is -2.39. The monoisotopic (exact) mass is 429 g/mol. The maximum atomic E-state index is 12.1. The van der Waals surface area contributed by atoms with Crippen molar-refractivity contribution in [2.45, 2.75) is 6.92 Å². The molecular weight excluding hydrogens is 414 g/mol. The Bertz CT molecular complexity index is 831. The Kier molecular flexibility index (Phi) is 6.14. The quantitative estimate of drug-likeness (QED) is 0.566. The van der Waals surface area contributed by atoms with Crippen LogP contribution < -0.4 is 9.73 Å². The van der Waals surface area contributed by atoms with Crippen molar-refractivity contribution in [3.8, 4) is 0 Å². The highest BCUT2D eigenvalue weighted by atomic mass is 79.9. The number of halogens is 1. The molecular formula is C15H16BrN3O3S2. The Hall–Kier alpha value is -1.71. The Balaban J connectivity index is 2.11. The summed E-state index contributed by atoms with van der Waals surface area (Å²) in [5.74, 6) is -0.515. The smallest absolute Gasteiger partial charge is 0.260 e. The Labute approximate surface area is 153 Å². The number of rotatable bonds is 6. The first-order valence-corrected chi connectivity index (χ1v) is 10.4. The summed E-state index contributed by atoms with van der Waals surface area (Å²) in [5.41, 5.74) is 3.47. The molecule has 0 aliphatic heterocycles. The molecule has 128 valence electrons. The average molecular weight is 430 g/mol. The maximum Gasteiger partial charge on any atom is 0.260 e. The van der Waals surface area contributed by atoms with Crippen LogP contribution in [0.2, 0.25) is 0 Å². The number of benzene rings is 1. The Morgan fingerprint density at radius 1 is 1.29 bits per heavy atom. The lowest BCUT2D eigenvalue weighted by molar-refractivity contribution is -0.119. The minimum absolute atomic E-state index is 0.346. The predicted molar refractivity (Wildman–Crippen MR) is 101 cm³/mol. The zero-order valence-corrected chi connectivity index (χ0v) is 16.3. The van der Waals surface area contributed by atoms with E-state index in [-0.39, 0.29) is 6.54 Å². The third-order valence-electron chi connectivity index (χ3n) is 3.03. The molecule has 1 aromatic carbocycles. The van der Waals surface area contributed by atoms with E-state index in [1.807, 2.05) is 17.5 Å². The molecule has 0 unspecified atom stereocenters. The molecule has 0 saturated carbocycles.